The maximum Gasteiger partial charge on any atom is 0.273 e. The van der Waals surface area contributed by atoms with Crippen LogP contribution in [0.2, 0.25) is 0 Å². The first-order valence-electron chi connectivity index (χ1n) is 4.16. The van der Waals surface area contributed by atoms with Crippen LogP contribution < -0.4 is 0 Å². The van der Waals surface area contributed by atoms with E-state index in [0.717, 1.165) is 17.3 Å². The molecule has 0 atom stereocenters. The lowest BCUT2D eigenvalue weighted by atomic mass is 10.4. The van der Waals surface area contributed by atoms with Crippen molar-refractivity contribution in [2.45, 2.75) is 18.9 Å². The van der Waals surface area contributed by atoms with Gasteiger partial charge in [-0.15, -0.1) is 0 Å². The third-order valence-electron chi connectivity index (χ3n) is 2.22. The van der Waals surface area contributed by atoms with Crippen molar-refractivity contribution in [1.82, 2.24) is 15.1 Å². The molecule has 0 radical (unpaired) electrons. The number of amides is 1. The number of carbonyl (C=O) groups excluding carboxylic acids is 1. The molecule has 0 aromatic carbocycles. The maximum atomic E-state index is 11.7. The fourth-order valence-electron chi connectivity index (χ4n) is 1.23. The summed E-state index contributed by atoms with van der Waals surface area (Å²) in [5, 5.41) is 6.47. The molecule has 1 saturated carbocycles. The zero-order chi connectivity index (χ0) is 9.42. The van der Waals surface area contributed by atoms with Gasteiger partial charge in [-0.3, -0.25) is 9.89 Å². The average Bonchev–Trinajstić information content (AvgIpc) is 2.87. The third-order valence-corrected chi connectivity index (χ3v) is 2.82. The predicted molar refractivity (Wildman–Crippen MR) is 51.4 cm³/mol. The number of nitrogens with one attached hydrogen (secondary N) is 1. The van der Waals surface area contributed by atoms with Gasteiger partial charge in [0.15, 0.2) is 0 Å². The van der Waals surface area contributed by atoms with Gasteiger partial charge in [0.25, 0.3) is 5.91 Å². The normalized spacial score (nSPS) is 15.8. The summed E-state index contributed by atoms with van der Waals surface area (Å²) < 4.78 is 0.727. The fourth-order valence-corrected chi connectivity index (χ4v) is 1.59. The summed E-state index contributed by atoms with van der Waals surface area (Å²) in [7, 11) is 1.83. The Morgan fingerprint density at radius 1 is 1.77 bits per heavy atom. The quantitative estimate of drug-likeness (QED) is 0.854. The van der Waals surface area contributed by atoms with Crippen molar-refractivity contribution >= 4 is 21.8 Å². The molecule has 1 N–H and O–H groups in total. The van der Waals surface area contributed by atoms with Gasteiger partial charge in [-0.25, -0.2) is 0 Å². The van der Waals surface area contributed by atoms with Crippen LogP contribution in [0.3, 0.4) is 0 Å². The molecule has 0 saturated heterocycles. The molecular formula is C8H10BrN3O. The van der Waals surface area contributed by atoms with Gasteiger partial charge in [-0.05, 0) is 28.8 Å². The minimum absolute atomic E-state index is 0.00637. The summed E-state index contributed by atoms with van der Waals surface area (Å²) in [5.74, 6) is 0.00637. The maximum absolute atomic E-state index is 11.7. The summed E-state index contributed by atoms with van der Waals surface area (Å²) in [4.78, 5) is 13.5. The van der Waals surface area contributed by atoms with Crippen LogP contribution in [0.15, 0.2) is 10.7 Å². The van der Waals surface area contributed by atoms with E-state index in [4.69, 9.17) is 0 Å². The monoisotopic (exact) mass is 243 g/mol. The number of halogens is 1. The molecule has 0 unspecified atom stereocenters. The largest absolute Gasteiger partial charge is 0.337 e. The standard InChI is InChI=1S/C8H10BrN3O/c1-12(5-2-3-5)8(13)7-6(9)4-10-11-7/h4-5H,2-3H2,1H3,(H,10,11). The number of hydrogen-bond acceptors (Lipinski definition) is 2. The second-order valence-corrected chi connectivity index (χ2v) is 4.09. The van der Waals surface area contributed by atoms with Crippen LogP contribution in [0.5, 0.6) is 0 Å². The molecule has 13 heavy (non-hydrogen) atoms. The highest BCUT2D eigenvalue weighted by atomic mass is 79.9. The second kappa shape index (κ2) is 3.14. The van der Waals surface area contributed by atoms with Crippen LogP contribution in [0.25, 0.3) is 0 Å². The molecule has 1 amide bonds. The minimum Gasteiger partial charge on any atom is -0.337 e. The number of hydrogen-bond donors (Lipinski definition) is 1. The number of nitrogens with zero attached hydrogens (tertiary/aromatic N) is 2. The Hall–Kier alpha value is -0.840. The molecule has 5 heteroatoms. The van der Waals surface area contributed by atoms with Gasteiger partial charge in [0.2, 0.25) is 0 Å². The summed E-state index contributed by atoms with van der Waals surface area (Å²) >= 11 is 3.26. The Kier molecular flexibility index (Phi) is 2.11. The van der Waals surface area contributed by atoms with E-state index >= 15 is 0 Å². The van der Waals surface area contributed by atoms with Gasteiger partial charge in [0.1, 0.15) is 5.69 Å². The fraction of sp³-hybridized carbons (Fsp3) is 0.500. The van der Waals surface area contributed by atoms with Gasteiger partial charge < -0.3 is 4.90 Å². The number of H-pyrrole nitrogens is 1. The molecule has 1 aromatic heterocycles. The molecule has 1 fully saturated rings. The number of rotatable bonds is 2. The van der Waals surface area contributed by atoms with E-state index < -0.39 is 0 Å². The zero-order valence-electron chi connectivity index (χ0n) is 7.25. The molecule has 70 valence electrons. The highest BCUT2D eigenvalue weighted by Gasteiger charge is 2.31. The van der Waals surface area contributed by atoms with Crippen LogP contribution >= 0.6 is 15.9 Å². The Labute approximate surface area is 84.4 Å². The van der Waals surface area contributed by atoms with Gasteiger partial charge in [-0.1, -0.05) is 0 Å². The molecular weight excluding hydrogens is 234 g/mol. The van der Waals surface area contributed by atoms with Crippen LogP contribution in [-0.4, -0.2) is 34.1 Å². The van der Waals surface area contributed by atoms with Crippen molar-refractivity contribution in [3.8, 4) is 0 Å². The zero-order valence-corrected chi connectivity index (χ0v) is 8.84. The van der Waals surface area contributed by atoms with Crippen molar-refractivity contribution in [1.29, 1.82) is 0 Å². The molecule has 1 aliphatic rings. The van der Waals surface area contributed by atoms with Crippen molar-refractivity contribution in [3.63, 3.8) is 0 Å². The third kappa shape index (κ3) is 1.60. The Balaban J connectivity index is 2.16. The summed E-state index contributed by atoms with van der Waals surface area (Å²) in [6.45, 7) is 0. The van der Waals surface area contributed by atoms with Gasteiger partial charge in [0, 0.05) is 13.1 Å². The molecule has 0 bridgehead atoms. The van der Waals surface area contributed by atoms with Gasteiger partial charge in [-0.2, -0.15) is 5.10 Å². The Morgan fingerprint density at radius 2 is 2.46 bits per heavy atom. The summed E-state index contributed by atoms with van der Waals surface area (Å²) in [6, 6.07) is 0.433. The van der Waals surface area contributed by atoms with Gasteiger partial charge >= 0.3 is 0 Å². The lowest BCUT2D eigenvalue weighted by Gasteiger charge is -2.14. The predicted octanol–water partition coefficient (Wildman–Crippen LogP) is 1.41. The van der Waals surface area contributed by atoms with E-state index in [1.807, 2.05) is 7.05 Å². The second-order valence-electron chi connectivity index (χ2n) is 3.24. The number of aromatic amines is 1. The molecule has 1 aliphatic carbocycles. The van der Waals surface area contributed by atoms with Crippen molar-refractivity contribution in [2.24, 2.45) is 0 Å². The first-order valence-corrected chi connectivity index (χ1v) is 4.95. The molecule has 2 rings (SSSR count). The molecule has 0 spiro atoms. The molecule has 1 aromatic rings. The highest BCUT2D eigenvalue weighted by molar-refractivity contribution is 9.10. The average molecular weight is 244 g/mol. The van der Waals surface area contributed by atoms with Crippen LogP contribution in [0, 0.1) is 0 Å². The summed E-state index contributed by atoms with van der Waals surface area (Å²) in [5.41, 5.74) is 0.536. The van der Waals surface area contributed by atoms with E-state index in [1.165, 1.54) is 0 Å². The van der Waals surface area contributed by atoms with E-state index in [2.05, 4.69) is 26.1 Å². The Morgan fingerprint density at radius 3 is 2.92 bits per heavy atom. The molecule has 0 aliphatic heterocycles. The number of carbonyl (C=O) groups is 1. The highest BCUT2D eigenvalue weighted by Crippen LogP contribution is 2.27. The van der Waals surface area contributed by atoms with Crippen LogP contribution in [0.1, 0.15) is 23.3 Å². The minimum atomic E-state index is 0.00637. The first-order chi connectivity index (χ1) is 6.20. The van der Waals surface area contributed by atoms with Crippen LogP contribution in [-0.2, 0) is 0 Å². The Bertz CT molecular complexity index is 332. The lowest BCUT2D eigenvalue weighted by molar-refractivity contribution is 0.0778. The molecule has 1 heterocycles. The first kappa shape index (κ1) is 8.74. The summed E-state index contributed by atoms with van der Waals surface area (Å²) in [6.07, 6.45) is 3.83. The van der Waals surface area contributed by atoms with E-state index in [1.54, 1.807) is 11.1 Å². The van der Waals surface area contributed by atoms with Crippen LogP contribution in [0.4, 0.5) is 0 Å². The number of aromatic nitrogens is 2. The smallest absolute Gasteiger partial charge is 0.273 e. The lowest BCUT2D eigenvalue weighted by Crippen LogP contribution is -2.29. The van der Waals surface area contributed by atoms with Crippen molar-refractivity contribution in [2.75, 3.05) is 7.05 Å². The SMILES string of the molecule is CN(C(=O)c1[nH]ncc1Br)C1CC1. The van der Waals surface area contributed by atoms with E-state index in [0.29, 0.717) is 11.7 Å². The molecule has 4 nitrogen and oxygen atoms in total. The van der Waals surface area contributed by atoms with E-state index in [9.17, 15) is 4.79 Å². The van der Waals surface area contributed by atoms with Crippen molar-refractivity contribution in [3.05, 3.63) is 16.4 Å². The van der Waals surface area contributed by atoms with E-state index in [-0.39, 0.29) is 5.91 Å². The van der Waals surface area contributed by atoms with Gasteiger partial charge in [0.05, 0.1) is 10.7 Å². The van der Waals surface area contributed by atoms with Crippen molar-refractivity contribution < 1.29 is 4.79 Å². The topological polar surface area (TPSA) is 49.0 Å².